The molecule has 20 heavy (non-hydrogen) atoms. The summed E-state index contributed by atoms with van der Waals surface area (Å²) >= 11 is 7.29. The summed E-state index contributed by atoms with van der Waals surface area (Å²) in [5.41, 5.74) is 7.28. The van der Waals surface area contributed by atoms with Crippen LogP contribution in [0.1, 0.15) is 5.01 Å². The Kier molecular flexibility index (Phi) is 3.23. The third kappa shape index (κ3) is 2.42. The third-order valence-corrected chi connectivity index (χ3v) is 3.97. The number of anilines is 1. The summed E-state index contributed by atoms with van der Waals surface area (Å²) in [6, 6.07) is 7.75. The van der Waals surface area contributed by atoms with E-state index in [1.807, 2.05) is 13.0 Å². The van der Waals surface area contributed by atoms with Crippen molar-refractivity contribution in [3.05, 3.63) is 46.2 Å². The van der Waals surface area contributed by atoms with E-state index in [1.165, 1.54) is 18.2 Å². The lowest BCUT2D eigenvalue weighted by molar-refractivity contribution is 0.483. The van der Waals surface area contributed by atoms with Gasteiger partial charge in [0.1, 0.15) is 11.6 Å². The molecule has 0 aliphatic carbocycles. The quantitative estimate of drug-likeness (QED) is 0.694. The van der Waals surface area contributed by atoms with Crippen molar-refractivity contribution in [1.82, 2.24) is 4.98 Å². The third-order valence-electron chi connectivity index (χ3n) is 2.75. The monoisotopic (exact) mass is 308 g/mol. The van der Waals surface area contributed by atoms with Crippen LogP contribution in [-0.4, -0.2) is 4.98 Å². The predicted octanol–water partition coefficient (Wildman–Crippen LogP) is 4.77. The van der Waals surface area contributed by atoms with Crippen molar-refractivity contribution in [1.29, 1.82) is 0 Å². The van der Waals surface area contributed by atoms with E-state index in [2.05, 4.69) is 4.98 Å². The van der Waals surface area contributed by atoms with Gasteiger partial charge in [0, 0.05) is 12.1 Å². The molecule has 0 spiro atoms. The highest BCUT2D eigenvalue weighted by atomic mass is 35.5. The molecule has 2 N–H and O–H groups in total. The van der Waals surface area contributed by atoms with Gasteiger partial charge in [-0.05, 0) is 25.1 Å². The van der Waals surface area contributed by atoms with Crippen LogP contribution in [0.3, 0.4) is 0 Å². The zero-order valence-corrected chi connectivity index (χ0v) is 12.1. The average molecular weight is 309 g/mol. The van der Waals surface area contributed by atoms with Gasteiger partial charge >= 0.3 is 0 Å². The second kappa shape index (κ2) is 4.92. The molecule has 0 amide bonds. The van der Waals surface area contributed by atoms with Crippen molar-refractivity contribution >= 4 is 38.8 Å². The van der Waals surface area contributed by atoms with E-state index in [0.717, 1.165) is 15.2 Å². The number of hydrogen-bond donors (Lipinski definition) is 1. The highest BCUT2D eigenvalue weighted by molar-refractivity contribution is 7.18. The number of aryl methyl sites for hydroxylation is 1. The molecule has 0 bridgehead atoms. The van der Waals surface area contributed by atoms with Gasteiger partial charge in [0.2, 0.25) is 0 Å². The van der Waals surface area contributed by atoms with Crippen molar-refractivity contribution in [2.24, 2.45) is 0 Å². The molecule has 1 aromatic heterocycles. The minimum Gasteiger partial charge on any atom is -0.455 e. The number of thiazole rings is 1. The predicted molar refractivity (Wildman–Crippen MR) is 80.3 cm³/mol. The SMILES string of the molecule is Cc1nc2cc(Oc3ccc(F)c(Cl)c3)c(N)cc2s1. The summed E-state index contributed by atoms with van der Waals surface area (Å²) in [5.74, 6) is 0.414. The van der Waals surface area contributed by atoms with Crippen molar-refractivity contribution < 1.29 is 9.13 Å². The smallest absolute Gasteiger partial charge is 0.152 e. The summed E-state index contributed by atoms with van der Waals surface area (Å²) in [4.78, 5) is 4.39. The molecular weight excluding hydrogens is 299 g/mol. The van der Waals surface area contributed by atoms with Crippen molar-refractivity contribution in [3.63, 3.8) is 0 Å². The zero-order valence-electron chi connectivity index (χ0n) is 10.5. The Morgan fingerprint density at radius 3 is 2.85 bits per heavy atom. The number of nitrogens with zero attached hydrogens (tertiary/aromatic N) is 1. The highest BCUT2D eigenvalue weighted by Gasteiger charge is 2.09. The van der Waals surface area contributed by atoms with E-state index in [0.29, 0.717) is 17.2 Å². The number of halogens is 2. The number of nitrogen functional groups attached to an aromatic ring is 1. The Labute approximate surface area is 123 Å². The van der Waals surface area contributed by atoms with E-state index in [4.69, 9.17) is 22.1 Å². The molecule has 0 aliphatic rings. The number of rotatable bonds is 2. The topological polar surface area (TPSA) is 48.1 Å². The van der Waals surface area contributed by atoms with Crippen molar-refractivity contribution in [2.75, 3.05) is 5.73 Å². The number of ether oxygens (including phenoxy) is 1. The molecule has 0 aliphatic heterocycles. The molecule has 0 saturated heterocycles. The van der Waals surface area contributed by atoms with Crippen LogP contribution < -0.4 is 10.5 Å². The van der Waals surface area contributed by atoms with Gasteiger partial charge in [0.25, 0.3) is 0 Å². The Bertz CT molecular complexity index is 803. The van der Waals surface area contributed by atoms with E-state index in [9.17, 15) is 4.39 Å². The Morgan fingerprint density at radius 1 is 1.30 bits per heavy atom. The second-order valence-corrected chi connectivity index (χ2v) is 5.91. The van der Waals surface area contributed by atoms with Crippen LogP contribution in [0.5, 0.6) is 11.5 Å². The molecule has 6 heteroatoms. The molecule has 0 unspecified atom stereocenters. The maximum absolute atomic E-state index is 13.1. The number of hydrogen-bond acceptors (Lipinski definition) is 4. The first kappa shape index (κ1) is 13.1. The van der Waals surface area contributed by atoms with Gasteiger partial charge in [0.05, 0.1) is 25.9 Å². The summed E-state index contributed by atoms with van der Waals surface area (Å²) in [5, 5.41) is 0.966. The van der Waals surface area contributed by atoms with Crippen LogP contribution in [0.2, 0.25) is 5.02 Å². The van der Waals surface area contributed by atoms with Crippen LogP contribution in [0.15, 0.2) is 30.3 Å². The summed E-state index contributed by atoms with van der Waals surface area (Å²) < 4.78 is 19.8. The van der Waals surface area contributed by atoms with E-state index < -0.39 is 5.82 Å². The fourth-order valence-corrected chi connectivity index (χ4v) is 2.87. The molecule has 0 saturated carbocycles. The number of nitrogens with two attached hydrogens (primary N) is 1. The standard InChI is InChI=1S/C14H10ClFN2OS/c1-7-18-12-6-13(11(17)5-14(12)20-7)19-8-2-3-10(16)9(15)4-8/h2-6H,17H2,1H3. The highest BCUT2D eigenvalue weighted by Crippen LogP contribution is 2.34. The van der Waals surface area contributed by atoms with Gasteiger partial charge in [-0.25, -0.2) is 9.37 Å². The van der Waals surface area contributed by atoms with Crippen LogP contribution >= 0.6 is 22.9 Å². The minimum absolute atomic E-state index is 0.00616. The molecule has 0 radical (unpaired) electrons. The lowest BCUT2D eigenvalue weighted by atomic mass is 10.2. The fourth-order valence-electron chi connectivity index (χ4n) is 1.84. The van der Waals surface area contributed by atoms with Gasteiger partial charge < -0.3 is 10.5 Å². The van der Waals surface area contributed by atoms with Gasteiger partial charge in [0.15, 0.2) is 5.75 Å². The number of benzene rings is 2. The molecule has 0 atom stereocenters. The fraction of sp³-hybridized carbons (Fsp3) is 0.0714. The van der Waals surface area contributed by atoms with E-state index in [-0.39, 0.29) is 5.02 Å². The zero-order chi connectivity index (χ0) is 14.3. The van der Waals surface area contributed by atoms with Gasteiger partial charge in [-0.1, -0.05) is 11.6 Å². The molecule has 3 rings (SSSR count). The molecular formula is C14H10ClFN2OS. The molecule has 3 nitrogen and oxygen atoms in total. The van der Waals surface area contributed by atoms with E-state index >= 15 is 0 Å². The largest absolute Gasteiger partial charge is 0.455 e. The Hall–Kier alpha value is -1.85. The van der Waals surface area contributed by atoms with Gasteiger partial charge in [-0.2, -0.15) is 0 Å². The first-order valence-electron chi connectivity index (χ1n) is 5.82. The summed E-state index contributed by atoms with van der Waals surface area (Å²) in [6.07, 6.45) is 0. The first-order valence-corrected chi connectivity index (χ1v) is 7.02. The van der Waals surface area contributed by atoms with Crippen LogP contribution in [0, 0.1) is 12.7 Å². The van der Waals surface area contributed by atoms with Crippen LogP contribution in [-0.2, 0) is 0 Å². The first-order chi connectivity index (χ1) is 9.52. The summed E-state index contributed by atoms with van der Waals surface area (Å²) in [6.45, 7) is 1.93. The Balaban J connectivity index is 2.00. The number of fused-ring (bicyclic) bond motifs is 1. The summed E-state index contributed by atoms with van der Waals surface area (Å²) in [7, 11) is 0. The van der Waals surface area contributed by atoms with E-state index in [1.54, 1.807) is 17.4 Å². The van der Waals surface area contributed by atoms with Gasteiger partial charge in [-0.3, -0.25) is 0 Å². The lowest BCUT2D eigenvalue weighted by Crippen LogP contribution is -1.92. The molecule has 1 heterocycles. The minimum atomic E-state index is -0.488. The lowest BCUT2D eigenvalue weighted by Gasteiger charge is -2.09. The molecule has 102 valence electrons. The molecule has 3 aromatic rings. The molecule has 0 fully saturated rings. The second-order valence-electron chi connectivity index (χ2n) is 4.27. The Morgan fingerprint density at radius 2 is 2.10 bits per heavy atom. The number of aromatic nitrogens is 1. The van der Waals surface area contributed by atoms with Gasteiger partial charge in [-0.15, -0.1) is 11.3 Å². The maximum atomic E-state index is 13.1. The van der Waals surface area contributed by atoms with Crippen molar-refractivity contribution in [2.45, 2.75) is 6.92 Å². The average Bonchev–Trinajstić information content (AvgIpc) is 2.73. The van der Waals surface area contributed by atoms with Crippen LogP contribution in [0.25, 0.3) is 10.2 Å². The van der Waals surface area contributed by atoms with Crippen molar-refractivity contribution in [3.8, 4) is 11.5 Å². The normalized spacial score (nSPS) is 10.9. The maximum Gasteiger partial charge on any atom is 0.152 e. The molecule has 2 aromatic carbocycles. The van der Waals surface area contributed by atoms with Crippen LogP contribution in [0.4, 0.5) is 10.1 Å².